The van der Waals surface area contributed by atoms with E-state index in [2.05, 4.69) is 16.5 Å². The Kier molecular flexibility index (Phi) is 3.45. The van der Waals surface area contributed by atoms with Gasteiger partial charge in [0.25, 0.3) is 5.91 Å². The Balaban J connectivity index is 1.77. The van der Waals surface area contributed by atoms with Crippen molar-refractivity contribution in [1.82, 2.24) is 14.9 Å². The third-order valence-corrected chi connectivity index (χ3v) is 4.50. The van der Waals surface area contributed by atoms with Crippen molar-refractivity contribution < 1.29 is 9.59 Å². The maximum absolute atomic E-state index is 11.9. The van der Waals surface area contributed by atoms with E-state index in [9.17, 15) is 9.59 Å². The van der Waals surface area contributed by atoms with E-state index in [-0.39, 0.29) is 29.6 Å². The largest absolute Gasteiger partial charge is 0.364 e. The lowest BCUT2D eigenvalue weighted by molar-refractivity contribution is -0.130. The van der Waals surface area contributed by atoms with E-state index in [0.29, 0.717) is 0 Å². The monoisotopic (exact) mass is 286 g/mol. The highest BCUT2D eigenvalue weighted by molar-refractivity contribution is 5.90. The van der Waals surface area contributed by atoms with Crippen molar-refractivity contribution in [2.75, 3.05) is 0 Å². The van der Waals surface area contributed by atoms with Gasteiger partial charge < -0.3 is 10.6 Å². The molecule has 6 nitrogen and oxygen atoms in total. The van der Waals surface area contributed by atoms with E-state index < -0.39 is 5.91 Å². The van der Waals surface area contributed by atoms with Crippen molar-refractivity contribution in [3.05, 3.63) is 36.4 Å². The first-order valence-corrected chi connectivity index (χ1v) is 7.16. The van der Waals surface area contributed by atoms with Crippen LogP contribution in [0.4, 0.5) is 0 Å². The minimum Gasteiger partial charge on any atom is -0.364 e. The zero-order valence-electron chi connectivity index (χ0n) is 11.7. The number of nitrogens with zero attached hydrogens (tertiary/aromatic N) is 3. The number of aromatic nitrogens is 2. The molecule has 21 heavy (non-hydrogen) atoms. The Morgan fingerprint density at radius 3 is 2.38 bits per heavy atom. The van der Waals surface area contributed by atoms with Gasteiger partial charge >= 0.3 is 0 Å². The van der Waals surface area contributed by atoms with Crippen LogP contribution in [0, 0.1) is 0 Å². The molecule has 0 radical (unpaired) electrons. The fourth-order valence-electron chi connectivity index (χ4n) is 3.56. The Bertz CT molecular complexity index is 570. The number of piperidine rings is 1. The second kappa shape index (κ2) is 5.27. The van der Waals surface area contributed by atoms with Gasteiger partial charge in [-0.15, -0.1) is 0 Å². The van der Waals surface area contributed by atoms with Crippen molar-refractivity contribution in [3.63, 3.8) is 0 Å². The Morgan fingerprint density at radius 1 is 1.24 bits per heavy atom. The highest BCUT2D eigenvalue weighted by Crippen LogP contribution is 2.42. The number of carbonyl (C=O) groups excluding carboxylic acids is 2. The van der Waals surface area contributed by atoms with Crippen molar-refractivity contribution in [2.24, 2.45) is 5.73 Å². The molecule has 6 heteroatoms. The van der Waals surface area contributed by atoms with E-state index in [1.165, 1.54) is 12.3 Å². The fraction of sp³-hybridized carbons (Fsp3) is 0.467. The summed E-state index contributed by atoms with van der Waals surface area (Å²) in [5, 5.41) is 0. The van der Waals surface area contributed by atoms with Gasteiger partial charge in [0, 0.05) is 24.2 Å². The number of nitrogens with two attached hydrogens (primary N) is 1. The van der Waals surface area contributed by atoms with Gasteiger partial charge in [-0.05, 0) is 31.8 Å². The average Bonchev–Trinajstić information content (AvgIpc) is 2.76. The lowest BCUT2D eigenvalue weighted by Crippen LogP contribution is -2.45. The van der Waals surface area contributed by atoms with Gasteiger partial charge in [-0.3, -0.25) is 14.6 Å². The molecule has 0 aromatic carbocycles. The van der Waals surface area contributed by atoms with Crippen LogP contribution < -0.4 is 5.73 Å². The molecular formula is C15H18N4O2. The van der Waals surface area contributed by atoms with Crippen LogP contribution in [-0.2, 0) is 4.79 Å². The Hall–Kier alpha value is -2.24. The lowest BCUT2D eigenvalue weighted by atomic mass is 9.88. The summed E-state index contributed by atoms with van der Waals surface area (Å²) < 4.78 is 0. The fourth-order valence-corrected chi connectivity index (χ4v) is 3.56. The molecule has 1 aromatic rings. The number of hydrogen-bond acceptors (Lipinski definition) is 4. The molecule has 2 N–H and O–H groups in total. The van der Waals surface area contributed by atoms with Gasteiger partial charge in [0.1, 0.15) is 5.69 Å². The molecule has 2 atom stereocenters. The predicted molar refractivity (Wildman–Crippen MR) is 76.4 cm³/mol. The van der Waals surface area contributed by atoms with Crippen LogP contribution >= 0.6 is 0 Å². The number of primary amides is 1. The minimum atomic E-state index is -0.569. The second-order valence-electron chi connectivity index (χ2n) is 5.69. The minimum absolute atomic E-state index is 0.0242. The van der Waals surface area contributed by atoms with Gasteiger partial charge in [-0.25, -0.2) is 4.98 Å². The number of hydrogen-bond donors (Lipinski definition) is 1. The van der Waals surface area contributed by atoms with Crippen molar-refractivity contribution in [1.29, 1.82) is 0 Å². The summed E-state index contributed by atoms with van der Waals surface area (Å²) in [6, 6.07) is 0.522. The first kappa shape index (κ1) is 13.7. The van der Waals surface area contributed by atoms with Crippen LogP contribution in [0.25, 0.3) is 0 Å². The van der Waals surface area contributed by atoms with Crippen LogP contribution in [0.2, 0.25) is 0 Å². The maximum Gasteiger partial charge on any atom is 0.268 e. The Morgan fingerprint density at radius 2 is 1.90 bits per heavy atom. The van der Waals surface area contributed by atoms with Crippen LogP contribution in [0.1, 0.15) is 47.8 Å². The number of carbonyl (C=O) groups is 2. The van der Waals surface area contributed by atoms with E-state index in [1.807, 2.05) is 4.90 Å². The summed E-state index contributed by atoms with van der Waals surface area (Å²) in [5.41, 5.74) is 6.23. The van der Waals surface area contributed by atoms with Crippen molar-refractivity contribution in [3.8, 4) is 0 Å². The van der Waals surface area contributed by atoms with E-state index in [4.69, 9.17) is 5.73 Å². The predicted octanol–water partition coefficient (Wildman–Crippen LogP) is 0.998. The van der Waals surface area contributed by atoms with Gasteiger partial charge in [0.05, 0.1) is 11.9 Å². The van der Waals surface area contributed by atoms with Crippen LogP contribution in [0.15, 0.2) is 25.0 Å². The summed E-state index contributed by atoms with van der Waals surface area (Å²) in [5.74, 6) is -0.262. The van der Waals surface area contributed by atoms with Gasteiger partial charge in [0.15, 0.2) is 0 Å². The molecule has 2 fully saturated rings. The van der Waals surface area contributed by atoms with Crippen LogP contribution in [0.5, 0.6) is 0 Å². The van der Waals surface area contributed by atoms with Crippen molar-refractivity contribution in [2.45, 2.75) is 43.7 Å². The van der Waals surface area contributed by atoms with Gasteiger partial charge in [-0.1, -0.05) is 6.58 Å². The first-order chi connectivity index (χ1) is 10.1. The summed E-state index contributed by atoms with van der Waals surface area (Å²) >= 11 is 0. The molecule has 3 heterocycles. The molecule has 110 valence electrons. The molecule has 0 unspecified atom stereocenters. The summed E-state index contributed by atoms with van der Waals surface area (Å²) in [6.45, 7) is 3.58. The molecule has 2 saturated heterocycles. The zero-order valence-corrected chi connectivity index (χ0v) is 11.7. The first-order valence-electron chi connectivity index (χ1n) is 7.16. The molecular weight excluding hydrogens is 268 g/mol. The smallest absolute Gasteiger partial charge is 0.268 e. The average molecular weight is 286 g/mol. The number of fused-ring (bicyclic) bond motifs is 2. The molecule has 0 aliphatic carbocycles. The number of rotatable bonds is 3. The quantitative estimate of drug-likeness (QED) is 0.839. The van der Waals surface area contributed by atoms with Gasteiger partial charge in [-0.2, -0.15) is 0 Å². The molecule has 1 aromatic heterocycles. The molecule has 0 saturated carbocycles. The SMILES string of the molecule is C=CC(=O)N1[C@H]2CC[C@H]1CC(c1cnc(C(N)=O)cn1)C2. The molecule has 3 rings (SSSR count). The molecule has 2 aliphatic heterocycles. The topological polar surface area (TPSA) is 89.2 Å². The maximum atomic E-state index is 11.9. The highest BCUT2D eigenvalue weighted by Gasteiger charge is 2.43. The third kappa shape index (κ3) is 2.41. The molecule has 2 aliphatic rings. The molecule has 2 amide bonds. The van der Waals surface area contributed by atoms with E-state index in [1.54, 1.807) is 6.20 Å². The summed E-state index contributed by atoms with van der Waals surface area (Å²) in [6.07, 6.45) is 8.31. The highest BCUT2D eigenvalue weighted by atomic mass is 16.2. The van der Waals surface area contributed by atoms with E-state index >= 15 is 0 Å². The molecule has 2 bridgehead atoms. The van der Waals surface area contributed by atoms with Crippen LogP contribution in [-0.4, -0.2) is 38.8 Å². The second-order valence-corrected chi connectivity index (χ2v) is 5.69. The summed E-state index contributed by atoms with van der Waals surface area (Å²) in [4.78, 5) is 33.3. The molecule has 0 spiro atoms. The van der Waals surface area contributed by atoms with Gasteiger partial charge in [0.2, 0.25) is 5.91 Å². The standard InChI is InChI=1S/C15H18N4O2/c1-2-14(20)19-10-3-4-11(19)6-9(5-10)12-7-18-13(8-17-12)15(16)21/h2,7-11H,1,3-6H2,(H2,16,21)/t10-,11-/m0/s1. The van der Waals surface area contributed by atoms with Crippen molar-refractivity contribution >= 4 is 11.8 Å². The normalized spacial score (nSPS) is 27.4. The van der Waals surface area contributed by atoms with E-state index in [0.717, 1.165) is 31.4 Å². The number of amides is 2. The van der Waals surface area contributed by atoms with Crippen LogP contribution in [0.3, 0.4) is 0 Å². The Labute approximate surface area is 123 Å². The lowest BCUT2D eigenvalue weighted by Gasteiger charge is -2.38. The summed E-state index contributed by atoms with van der Waals surface area (Å²) in [7, 11) is 0. The zero-order chi connectivity index (χ0) is 15.0. The third-order valence-electron chi connectivity index (χ3n) is 4.50.